The summed E-state index contributed by atoms with van der Waals surface area (Å²) in [4.78, 5) is 11.8. The lowest BCUT2D eigenvalue weighted by molar-refractivity contribution is -0.136. The fourth-order valence-electron chi connectivity index (χ4n) is 1.92. The van der Waals surface area contributed by atoms with Gasteiger partial charge in [-0.05, 0) is 11.1 Å². The van der Waals surface area contributed by atoms with Crippen molar-refractivity contribution in [3.05, 3.63) is 83.6 Å². The van der Waals surface area contributed by atoms with Crippen molar-refractivity contribution >= 4 is 5.97 Å². The molecule has 0 aliphatic heterocycles. The first-order valence-corrected chi connectivity index (χ1v) is 6.76. The van der Waals surface area contributed by atoms with E-state index in [0.717, 1.165) is 11.1 Å². The van der Waals surface area contributed by atoms with Gasteiger partial charge in [0, 0.05) is 6.42 Å². The maximum atomic E-state index is 11.8. The van der Waals surface area contributed by atoms with Crippen molar-refractivity contribution in [2.24, 2.45) is 0 Å². The summed E-state index contributed by atoms with van der Waals surface area (Å²) in [6.45, 7) is 0.427. The third-order valence-electron chi connectivity index (χ3n) is 3.00. The Morgan fingerprint density at radius 1 is 0.952 bits per heavy atom. The highest BCUT2D eigenvalue weighted by Gasteiger charge is 2.11. The molecule has 2 aromatic carbocycles. The number of benzene rings is 2. The lowest BCUT2D eigenvalue weighted by atomic mass is 10.1. The van der Waals surface area contributed by atoms with Crippen molar-refractivity contribution in [2.45, 2.75) is 13.0 Å². The molecule has 0 atom stereocenters. The first-order valence-electron chi connectivity index (χ1n) is 6.76. The summed E-state index contributed by atoms with van der Waals surface area (Å²) < 4.78 is 10.3. The fourth-order valence-corrected chi connectivity index (χ4v) is 1.92. The number of carbonyl (C=O) groups is 1. The predicted molar refractivity (Wildman–Crippen MR) is 81.5 cm³/mol. The van der Waals surface area contributed by atoms with Gasteiger partial charge in [-0.1, -0.05) is 60.7 Å². The molecule has 0 fully saturated rings. The minimum atomic E-state index is -0.369. The Balaban J connectivity index is 2.02. The molecule has 0 heterocycles. The molecule has 0 bridgehead atoms. The van der Waals surface area contributed by atoms with Gasteiger partial charge >= 0.3 is 5.97 Å². The third-order valence-corrected chi connectivity index (χ3v) is 3.00. The number of hydrogen-bond acceptors (Lipinski definition) is 3. The summed E-state index contributed by atoms with van der Waals surface area (Å²) in [5.41, 5.74) is 2.59. The SMILES string of the molecule is COC(=O)/C(=C/OCc1ccccc1)Cc1ccccc1. The molecule has 0 radical (unpaired) electrons. The Morgan fingerprint density at radius 2 is 1.52 bits per heavy atom. The van der Waals surface area contributed by atoms with Crippen molar-refractivity contribution in [1.29, 1.82) is 0 Å². The summed E-state index contributed by atoms with van der Waals surface area (Å²) in [6.07, 6.45) is 1.98. The molecule has 21 heavy (non-hydrogen) atoms. The highest BCUT2D eigenvalue weighted by Crippen LogP contribution is 2.11. The van der Waals surface area contributed by atoms with Crippen LogP contribution >= 0.6 is 0 Å². The summed E-state index contributed by atoms with van der Waals surface area (Å²) in [5, 5.41) is 0. The van der Waals surface area contributed by atoms with Gasteiger partial charge in [0.05, 0.1) is 18.9 Å². The van der Waals surface area contributed by atoms with Gasteiger partial charge in [-0.2, -0.15) is 0 Å². The lowest BCUT2D eigenvalue weighted by Crippen LogP contribution is -2.08. The van der Waals surface area contributed by atoms with Crippen LogP contribution in [0.3, 0.4) is 0 Å². The van der Waals surface area contributed by atoms with E-state index in [0.29, 0.717) is 18.6 Å². The molecule has 0 saturated heterocycles. The Labute approximate surface area is 124 Å². The lowest BCUT2D eigenvalue weighted by Gasteiger charge is -2.07. The molecular formula is C18H18O3. The van der Waals surface area contributed by atoms with E-state index in [1.807, 2.05) is 60.7 Å². The van der Waals surface area contributed by atoms with Gasteiger partial charge in [-0.3, -0.25) is 0 Å². The van der Waals surface area contributed by atoms with E-state index in [1.165, 1.54) is 13.4 Å². The molecule has 0 aliphatic carbocycles. The van der Waals surface area contributed by atoms with Crippen LogP contribution in [0.15, 0.2) is 72.5 Å². The molecule has 0 saturated carbocycles. The van der Waals surface area contributed by atoms with Gasteiger partial charge in [0.2, 0.25) is 0 Å². The maximum absolute atomic E-state index is 11.8. The minimum Gasteiger partial charge on any atom is -0.496 e. The fraction of sp³-hybridized carbons (Fsp3) is 0.167. The predicted octanol–water partition coefficient (Wildman–Crippen LogP) is 3.50. The van der Waals surface area contributed by atoms with Gasteiger partial charge in [-0.25, -0.2) is 4.79 Å². The van der Waals surface area contributed by atoms with Crippen LogP contribution in [-0.4, -0.2) is 13.1 Å². The zero-order chi connectivity index (χ0) is 14.9. The number of rotatable bonds is 6. The number of ether oxygens (including phenoxy) is 2. The van der Waals surface area contributed by atoms with Crippen LogP contribution in [0.2, 0.25) is 0 Å². The average molecular weight is 282 g/mol. The van der Waals surface area contributed by atoms with Crippen molar-refractivity contribution in [3.8, 4) is 0 Å². The Bertz CT molecular complexity index is 588. The van der Waals surface area contributed by atoms with Crippen LogP contribution in [0.5, 0.6) is 0 Å². The van der Waals surface area contributed by atoms with Crippen LogP contribution in [0, 0.1) is 0 Å². The second-order valence-electron chi connectivity index (χ2n) is 4.59. The summed E-state index contributed by atoms with van der Waals surface area (Å²) in [5.74, 6) is -0.369. The van der Waals surface area contributed by atoms with Crippen molar-refractivity contribution < 1.29 is 14.3 Å². The Hall–Kier alpha value is -2.55. The van der Waals surface area contributed by atoms with Crippen molar-refractivity contribution in [1.82, 2.24) is 0 Å². The second-order valence-corrected chi connectivity index (χ2v) is 4.59. The number of hydrogen-bond donors (Lipinski definition) is 0. The molecule has 108 valence electrons. The van der Waals surface area contributed by atoms with Crippen LogP contribution in [-0.2, 0) is 27.3 Å². The molecule has 3 nitrogen and oxygen atoms in total. The number of methoxy groups -OCH3 is 1. The van der Waals surface area contributed by atoms with E-state index in [-0.39, 0.29) is 5.97 Å². The molecule has 0 aromatic heterocycles. The topological polar surface area (TPSA) is 35.5 Å². The second kappa shape index (κ2) is 7.90. The number of carbonyl (C=O) groups excluding carboxylic acids is 1. The van der Waals surface area contributed by atoms with E-state index in [4.69, 9.17) is 9.47 Å². The third kappa shape index (κ3) is 4.80. The van der Waals surface area contributed by atoms with E-state index >= 15 is 0 Å². The largest absolute Gasteiger partial charge is 0.496 e. The summed E-state index contributed by atoms with van der Waals surface area (Å²) >= 11 is 0. The van der Waals surface area contributed by atoms with E-state index < -0.39 is 0 Å². The standard InChI is InChI=1S/C18H18O3/c1-20-18(19)17(12-15-8-4-2-5-9-15)14-21-13-16-10-6-3-7-11-16/h2-11,14H,12-13H2,1H3/b17-14+. The van der Waals surface area contributed by atoms with Crippen molar-refractivity contribution in [2.75, 3.05) is 7.11 Å². The van der Waals surface area contributed by atoms with Gasteiger partial charge in [0.25, 0.3) is 0 Å². The van der Waals surface area contributed by atoms with Crippen LogP contribution in [0.4, 0.5) is 0 Å². The molecule has 0 aliphatic rings. The number of esters is 1. The Kier molecular flexibility index (Phi) is 5.59. The highest BCUT2D eigenvalue weighted by molar-refractivity contribution is 5.88. The minimum absolute atomic E-state index is 0.369. The highest BCUT2D eigenvalue weighted by atomic mass is 16.5. The molecule has 0 N–H and O–H groups in total. The zero-order valence-electron chi connectivity index (χ0n) is 12.0. The van der Waals surface area contributed by atoms with E-state index in [9.17, 15) is 4.79 Å². The van der Waals surface area contributed by atoms with Crippen LogP contribution in [0.1, 0.15) is 11.1 Å². The van der Waals surface area contributed by atoms with Crippen LogP contribution in [0.25, 0.3) is 0 Å². The quantitative estimate of drug-likeness (QED) is 0.462. The molecule has 0 spiro atoms. The first-order chi connectivity index (χ1) is 10.3. The van der Waals surface area contributed by atoms with Gasteiger partial charge in [0.15, 0.2) is 0 Å². The smallest absolute Gasteiger partial charge is 0.337 e. The molecule has 0 amide bonds. The maximum Gasteiger partial charge on any atom is 0.337 e. The van der Waals surface area contributed by atoms with Crippen LogP contribution < -0.4 is 0 Å². The average Bonchev–Trinajstić information content (AvgIpc) is 2.55. The van der Waals surface area contributed by atoms with Gasteiger partial charge in [-0.15, -0.1) is 0 Å². The molecule has 2 aromatic rings. The Morgan fingerprint density at radius 3 is 2.10 bits per heavy atom. The van der Waals surface area contributed by atoms with E-state index in [2.05, 4.69) is 0 Å². The zero-order valence-corrected chi connectivity index (χ0v) is 12.0. The van der Waals surface area contributed by atoms with Gasteiger partial charge in [0.1, 0.15) is 6.61 Å². The first kappa shape index (κ1) is 14.9. The summed E-state index contributed by atoms with van der Waals surface area (Å²) in [6, 6.07) is 19.6. The normalized spacial score (nSPS) is 11.0. The monoisotopic (exact) mass is 282 g/mol. The van der Waals surface area contributed by atoms with Crippen molar-refractivity contribution in [3.63, 3.8) is 0 Å². The molecule has 2 rings (SSSR count). The van der Waals surface area contributed by atoms with E-state index in [1.54, 1.807) is 0 Å². The molecule has 0 unspecified atom stereocenters. The summed E-state index contributed by atoms with van der Waals surface area (Å²) in [7, 11) is 1.37. The van der Waals surface area contributed by atoms with Gasteiger partial charge < -0.3 is 9.47 Å². The molecular weight excluding hydrogens is 264 g/mol. The molecule has 3 heteroatoms.